The summed E-state index contributed by atoms with van der Waals surface area (Å²) in [5, 5.41) is 3.49. The van der Waals surface area contributed by atoms with Gasteiger partial charge in [-0.1, -0.05) is 40.7 Å². The SMILES string of the molecule is C=CC(NCC)C1C(C)(C)C1(C)C. The van der Waals surface area contributed by atoms with Gasteiger partial charge in [0.1, 0.15) is 0 Å². The summed E-state index contributed by atoms with van der Waals surface area (Å²) in [6, 6.07) is 0.481. The van der Waals surface area contributed by atoms with E-state index in [1.807, 2.05) is 0 Å². The highest BCUT2D eigenvalue weighted by atomic mass is 14.9. The zero-order valence-corrected chi connectivity index (χ0v) is 9.65. The monoisotopic (exact) mass is 181 g/mol. The molecule has 0 aromatic carbocycles. The summed E-state index contributed by atoms with van der Waals surface area (Å²) in [6.45, 7) is 16.5. The Kier molecular flexibility index (Phi) is 2.59. The fourth-order valence-corrected chi connectivity index (χ4v) is 2.72. The molecule has 1 atom stereocenters. The lowest BCUT2D eigenvalue weighted by Gasteiger charge is -2.15. The Morgan fingerprint density at radius 1 is 1.31 bits per heavy atom. The van der Waals surface area contributed by atoms with Crippen molar-refractivity contribution in [3.05, 3.63) is 12.7 Å². The van der Waals surface area contributed by atoms with Crippen LogP contribution in [0.5, 0.6) is 0 Å². The Hall–Kier alpha value is -0.300. The zero-order chi connectivity index (χ0) is 10.3. The molecule has 1 nitrogen and oxygen atoms in total. The minimum Gasteiger partial charge on any atom is -0.310 e. The average Bonchev–Trinajstić information content (AvgIpc) is 2.40. The molecule has 0 aromatic heterocycles. The van der Waals surface area contributed by atoms with Crippen molar-refractivity contribution in [3.63, 3.8) is 0 Å². The molecule has 1 aliphatic rings. The van der Waals surface area contributed by atoms with Crippen LogP contribution in [0.2, 0.25) is 0 Å². The summed E-state index contributed by atoms with van der Waals surface area (Å²) in [6.07, 6.45) is 2.06. The molecular weight excluding hydrogens is 158 g/mol. The molecule has 0 bridgehead atoms. The molecule has 0 amide bonds. The minimum atomic E-state index is 0.452. The molecule has 0 spiro atoms. The van der Waals surface area contributed by atoms with Crippen LogP contribution in [-0.2, 0) is 0 Å². The highest BCUT2D eigenvalue weighted by molar-refractivity contribution is 5.19. The van der Waals surface area contributed by atoms with Gasteiger partial charge < -0.3 is 5.32 Å². The topological polar surface area (TPSA) is 12.0 Å². The van der Waals surface area contributed by atoms with Gasteiger partial charge in [0.25, 0.3) is 0 Å². The predicted molar refractivity (Wildman–Crippen MR) is 58.7 cm³/mol. The van der Waals surface area contributed by atoms with Gasteiger partial charge in [-0.05, 0) is 23.3 Å². The van der Waals surface area contributed by atoms with Gasteiger partial charge in [0, 0.05) is 6.04 Å². The molecule has 0 aromatic rings. The Bertz CT molecular complexity index is 189. The van der Waals surface area contributed by atoms with E-state index in [2.05, 4.69) is 52.6 Å². The van der Waals surface area contributed by atoms with E-state index in [-0.39, 0.29) is 0 Å². The van der Waals surface area contributed by atoms with Crippen molar-refractivity contribution >= 4 is 0 Å². The smallest absolute Gasteiger partial charge is 0.0286 e. The molecule has 1 N–H and O–H groups in total. The van der Waals surface area contributed by atoms with Gasteiger partial charge in [-0.2, -0.15) is 0 Å². The quantitative estimate of drug-likeness (QED) is 0.658. The normalized spacial score (nSPS) is 26.8. The van der Waals surface area contributed by atoms with E-state index >= 15 is 0 Å². The van der Waals surface area contributed by atoms with E-state index in [1.165, 1.54) is 0 Å². The van der Waals surface area contributed by atoms with Crippen molar-refractivity contribution in [3.8, 4) is 0 Å². The molecule has 1 unspecified atom stereocenters. The average molecular weight is 181 g/mol. The highest BCUT2D eigenvalue weighted by Gasteiger charge is 2.66. The van der Waals surface area contributed by atoms with Gasteiger partial charge in [0.2, 0.25) is 0 Å². The van der Waals surface area contributed by atoms with Crippen LogP contribution in [0.3, 0.4) is 0 Å². The van der Waals surface area contributed by atoms with Crippen molar-refractivity contribution in [1.29, 1.82) is 0 Å². The summed E-state index contributed by atoms with van der Waals surface area (Å²) >= 11 is 0. The van der Waals surface area contributed by atoms with Gasteiger partial charge in [0.15, 0.2) is 0 Å². The molecular formula is C12H23N. The molecule has 1 saturated carbocycles. The predicted octanol–water partition coefficient (Wildman–Crippen LogP) is 2.83. The van der Waals surface area contributed by atoms with Gasteiger partial charge in [0.05, 0.1) is 0 Å². The van der Waals surface area contributed by atoms with E-state index < -0.39 is 0 Å². The summed E-state index contributed by atoms with van der Waals surface area (Å²) < 4.78 is 0. The molecule has 1 rings (SSSR count). The fraction of sp³-hybridized carbons (Fsp3) is 0.833. The number of likely N-dealkylation sites (N-methyl/N-ethyl adjacent to an activating group) is 1. The molecule has 76 valence electrons. The second kappa shape index (κ2) is 3.13. The summed E-state index contributed by atoms with van der Waals surface area (Å²) in [5.41, 5.74) is 0.905. The third-order valence-corrected chi connectivity index (χ3v) is 4.19. The Morgan fingerprint density at radius 3 is 2.00 bits per heavy atom. The van der Waals surface area contributed by atoms with Gasteiger partial charge in [-0.25, -0.2) is 0 Å². The van der Waals surface area contributed by atoms with Crippen LogP contribution in [-0.4, -0.2) is 12.6 Å². The van der Waals surface area contributed by atoms with Crippen LogP contribution < -0.4 is 5.32 Å². The first kappa shape index (κ1) is 10.8. The lowest BCUT2D eigenvalue weighted by atomic mass is 10.0. The molecule has 13 heavy (non-hydrogen) atoms. The van der Waals surface area contributed by atoms with E-state index in [1.54, 1.807) is 0 Å². The molecule has 1 fully saturated rings. The van der Waals surface area contributed by atoms with Gasteiger partial charge in [-0.15, -0.1) is 6.58 Å². The number of nitrogens with one attached hydrogen (secondary N) is 1. The van der Waals surface area contributed by atoms with Crippen LogP contribution in [0, 0.1) is 16.7 Å². The molecule has 0 saturated heterocycles. The first-order chi connectivity index (χ1) is 5.89. The highest BCUT2D eigenvalue weighted by Crippen LogP contribution is 2.69. The van der Waals surface area contributed by atoms with Crippen LogP contribution in [0.15, 0.2) is 12.7 Å². The van der Waals surface area contributed by atoms with E-state index in [0.29, 0.717) is 16.9 Å². The van der Waals surface area contributed by atoms with E-state index in [9.17, 15) is 0 Å². The summed E-state index contributed by atoms with van der Waals surface area (Å²) in [7, 11) is 0. The van der Waals surface area contributed by atoms with Crippen LogP contribution >= 0.6 is 0 Å². The largest absolute Gasteiger partial charge is 0.310 e. The van der Waals surface area contributed by atoms with Crippen molar-refractivity contribution in [2.45, 2.75) is 40.7 Å². The van der Waals surface area contributed by atoms with Gasteiger partial charge in [-0.3, -0.25) is 0 Å². The van der Waals surface area contributed by atoms with E-state index in [0.717, 1.165) is 12.5 Å². The van der Waals surface area contributed by atoms with Crippen LogP contribution in [0.25, 0.3) is 0 Å². The Balaban J connectivity index is 2.69. The molecule has 1 aliphatic carbocycles. The van der Waals surface area contributed by atoms with Crippen molar-refractivity contribution in [1.82, 2.24) is 5.32 Å². The molecule has 1 heteroatoms. The maximum Gasteiger partial charge on any atom is 0.0286 e. The molecule has 0 radical (unpaired) electrons. The number of hydrogen-bond acceptors (Lipinski definition) is 1. The Labute approximate surface area is 82.6 Å². The molecule has 0 heterocycles. The first-order valence-corrected chi connectivity index (χ1v) is 5.25. The molecule has 0 aliphatic heterocycles. The van der Waals surface area contributed by atoms with Gasteiger partial charge >= 0.3 is 0 Å². The summed E-state index contributed by atoms with van der Waals surface area (Å²) in [4.78, 5) is 0. The second-order valence-electron chi connectivity index (χ2n) is 5.24. The standard InChI is InChI=1S/C12H23N/c1-7-9(13-8-2)10-11(3,4)12(10,5)6/h7,9-10,13H,1,8H2,2-6H3. The summed E-state index contributed by atoms with van der Waals surface area (Å²) in [5.74, 6) is 0.734. The van der Waals surface area contributed by atoms with Crippen LogP contribution in [0.1, 0.15) is 34.6 Å². The number of rotatable bonds is 4. The lowest BCUT2D eigenvalue weighted by molar-refractivity contribution is 0.457. The fourth-order valence-electron chi connectivity index (χ4n) is 2.72. The third-order valence-electron chi connectivity index (χ3n) is 4.19. The Morgan fingerprint density at radius 2 is 1.77 bits per heavy atom. The number of hydrogen-bond donors (Lipinski definition) is 1. The van der Waals surface area contributed by atoms with E-state index in [4.69, 9.17) is 0 Å². The maximum atomic E-state index is 3.91. The second-order valence-corrected chi connectivity index (χ2v) is 5.24. The van der Waals surface area contributed by atoms with Crippen LogP contribution in [0.4, 0.5) is 0 Å². The maximum absolute atomic E-state index is 3.91. The minimum absolute atomic E-state index is 0.452. The zero-order valence-electron chi connectivity index (χ0n) is 9.65. The lowest BCUT2D eigenvalue weighted by Crippen LogP contribution is -2.31. The van der Waals surface area contributed by atoms with Crippen molar-refractivity contribution < 1.29 is 0 Å². The third kappa shape index (κ3) is 1.43. The van der Waals surface area contributed by atoms with Crippen molar-refractivity contribution in [2.75, 3.05) is 6.54 Å². The van der Waals surface area contributed by atoms with Crippen molar-refractivity contribution in [2.24, 2.45) is 16.7 Å². The first-order valence-electron chi connectivity index (χ1n) is 5.25.